The number of rotatable bonds is 5. The predicted octanol–water partition coefficient (Wildman–Crippen LogP) is 0.0923. The summed E-state index contributed by atoms with van der Waals surface area (Å²) in [7, 11) is 0. The van der Waals surface area contributed by atoms with Crippen LogP contribution >= 0.6 is 0 Å². The van der Waals surface area contributed by atoms with Gasteiger partial charge in [0.1, 0.15) is 0 Å². The molecule has 0 aromatic heterocycles. The molecule has 0 rings (SSSR count). The molecule has 0 saturated carbocycles. The van der Waals surface area contributed by atoms with E-state index in [2.05, 4.69) is 0 Å². The Labute approximate surface area is 63.6 Å². The molecule has 0 saturated heterocycles. The van der Waals surface area contributed by atoms with Crippen LogP contribution in [0.2, 0.25) is 0 Å². The Bertz CT molecular complexity index is 124. The van der Waals surface area contributed by atoms with E-state index >= 15 is 0 Å². The zero-order valence-electron chi connectivity index (χ0n) is 6.26. The smallest absolute Gasteiger partial charge is 0.262 e. The fourth-order valence-electron chi connectivity index (χ4n) is 0.654. The number of carbonyl (C=O) groups is 1. The largest absolute Gasteiger partial charge is 0.395 e. The molecule has 0 aromatic rings. The van der Waals surface area contributed by atoms with Crippen LogP contribution in [-0.2, 0) is 4.79 Å². The maximum atomic E-state index is 12.2. The summed E-state index contributed by atoms with van der Waals surface area (Å²) in [5.74, 6) is -2.89. The molecular weight excluding hydrogens is 156 g/mol. The van der Waals surface area contributed by atoms with E-state index in [0.717, 1.165) is 11.8 Å². The summed E-state index contributed by atoms with van der Waals surface area (Å²) in [6.45, 7) is -0.264. The van der Waals surface area contributed by atoms with Crippen LogP contribution in [0.5, 0.6) is 0 Å². The van der Waals surface area contributed by atoms with Gasteiger partial charge < -0.3 is 10.0 Å². The number of carbonyl (C=O) groups excluding carboxylic acids is 1. The van der Waals surface area contributed by atoms with Crippen LogP contribution in [0.15, 0.2) is 0 Å². The van der Waals surface area contributed by atoms with Crippen LogP contribution in [0.25, 0.3) is 0 Å². The molecule has 0 fully saturated rings. The van der Waals surface area contributed by atoms with Crippen molar-refractivity contribution in [2.45, 2.75) is 12.8 Å². The molecule has 66 valence electrons. The summed E-state index contributed by atoms with van der Waals surface area (Å²) in [5, 5.41) is 8.32. The normalized spacial score (nSPS) is 11.3. The average molecular weight is 167 g/mol. The zero-order chi connectivity index (χ0) is 8.91. The van der Waals surface area contributed by atoms with E-state index in [1.54, 1.807) is 0 Å². The Balaban J connectivity index is 3.77. The van der Waals surface area contributed by atoms with E-state index < -0.39 is 12.5 Å². The van der Waals surface area contributed by atoms with E-state index in [1.165, 1.54) is 0 Å². The number of hydrogen-bond acceptors (Lipinski definition) is 2. The van der Waals surface area contributed by atoms with Crippen molar-refractivity contribution in [1.82, 2.24) is 4.90 Å². The third kappa shape index (κ3) is 5.72. The minimum atomic E-state index is -2.89. The lowest BCUT2D eigenvalue weighted by molar-refractivity contribution is -0.123. The van der Waals surface area contributed by atoms with Crippen molar-refractivity contribution in [2.24, 2.45) is 0 Å². The topological polar surface area (TPSA) is 40.5 Å². The van der Waals surface area contributed by atoms with Crippen molar-refractivity contribution < 1.29 is 18.7 Å². The number of aliphatic hydroxyl groups excluding tert-OH is 1. The number of hydrogen-bond donors (Lipinski definition) is 1. The number of halogens is 2. The van der Waals surface area contributed by atoms with Crippen LogP contribution < -0.4 is 0 Å². The lowest BCUT2D eigenvalue weighted by atomic mass is 10.3. The van der Waals surface area contributed by atoms with Gasteiger partial charge in [-0.3, -0.25) is 4.79 Å². The van der Waals surface area contributed by atoms with Crippen LogP contribution in [0, 0.1) is 0 Å². The van der Waals surface area contributed by atoms with Crippen LogP contribution in [0.4, 0.5) is 8.78 Å². The van der Waals surface area contributed by atoms with E-state index in [9.17, 15) is 13.6 Å². The molecule has 0 heterocycles. The van der Waals surface area contributed by atoms with E-state index in [4.69, 9.17) is 5.11 Å². The molecule has 1 amide bonds. The number of amides is 1. The molecule has 3 nitrogen and oxygen atoms in total. The minimum absolute atomic E-state index is 0.0487. The van der Waals surface area contributed by atoms with Crippen molar-refractivity contribution in [3.8, 4) is 0 Å². The Hall–Kier alpha value is -0.710. The van der Waals surface area contributed by atoms with Gasteiger partial charge in [-0.25, -0.2) is 8.78 Å². The van der Waals surface area contributed by atoms with Crippen LogP contribution in [0.3, 0.4) is 0 Å². The molecule has 0 aliphatic heterocycles. The molecule has 0 spiro atoms. The molecule has 0 aliphatic carbocycles. The second-order valence-electron chi connectivity index (χ2n) is 2.37. The quantitative estimate of drug-likeness (QED) is 0.589. The molecule has 5 heteroatoms. The Morgan fingerprint density at radius 2 is 2.18 bits per heavy atom. The molecule has 0 unspecified atom stereocenters. The fraction of sp³-hybridized carbons (Fsp3) is 0.833. The fourth-order valence-corrected chi connectivity index (χ4v) is 0.654. The van der Waals surface area contributed by atoms with Crippen molar-refractivity contribution in [1.29, 1.82) is 0 Å². The van der Waals surface area contributed by atoms with Gasteiger partial charge >= 0.3 is 0 Å². The highest BCUT2D eigenvalue weighted by Crippen LogP contribution is 2.11. The van der Waals surface area contributed by atoms with Crippen molar-refractivity contribution in [2.75, 3.05) is 19.7 Å². The Morgan fingerprint density at radius 1 is 1.64 bits per heavy atom. The lowest BCUT2D eigenvalue weighted by Gasteiger charge is -2.19. The Morgan fingerprint density at radius 3 is 2.45 bits per heavy atom. The van der Waals surface area contributed by atoms with Gasteiger partial charge in [0, 0.05) is 13.5 Å². The maximum absolute atomic E-state index is 12.2. The van der Waals surface area contributed by atoms with Crippen LogP contribution in [-0.4, -0.2) is 42.0 Å². The van der Waals surface area contributed by atoms with Gasteiger partial charge in [0.2, 0.25) is 6.41 Å². The summed E-state index contributed by atoms with van der Waals surface area (Å²) in [5.41, 5.74) is 0. The molecule has 0 atom stereocenters. The first-order valence-electron chi connectivity index (χ1n) is 3.17. The van der Waals surface area contributed by atoms with Gasteiger partial charge in [-0.1, -0.05) is 0 Å². The second-order valence-corrected chi connectivity index (χ2v) is 2.37. The van der Waals surface area contributed by atoms with Gasteiger partial charge in [-0.05, 0) is 0 Å². The second kappa shape index (κ2) is 4.23. The van der Waals surface area contributed by atoms with Crippen LogP contribution in [0.1, 0.15) is 6.92 Å². The lowest BCUT2D eigenvalue weighted by Crippen LogP contribution is -2.35. The third-order valence-electron chi connectivity index (χ3n) is 1.02. The monoisotopic (exact) mass is 167 g/mol. The average Bonchev–Trinajstić information content (AvgIpc) is 1.84. The molecular formula is C6H11F2NO2. The van der Waals surface area contributed by atoms with Gasteiger partial charge in [0.05, 0.1) is 13.2 Å². The van der Waals surface area contributed by atoms with Crippen molar-refractivity contribution in [3.05, 3.63) is 0 Å². The van der Waals surface area contributed by atoms with E-state index in [1.807, 2.05) is 0 Å². The van der Waals surface area contributed by atoms with Crippen molar-refractivity contribution in [3.63, 3.8) is 0 Å². The molecule has 11 heavy (non-hydrogen) atoms. The summed E-state index contributed by atoms with van der Waals surface area (Å²) in [6, 6.07) is 0. The van der Waals surface area contributed by atoms with E-state index in [0.29, 0.717) is 6.41 Å². The SMILES string of the molecule is CC(F)(F)CN(C=O)CCO. The first kappa shape index (κ1) is 10.3. The van der Waals surface area contributed by atoms with Gasteiger partial charge in [0.25, 0.3) is 5.92 Å². The number of nitrogens with zero attached hydrogens (tertiary/aromatic N) is 1. The number of aliphatic hydroxyl groups is 1. The first-order valence-corrected chi connectivity index (χ1v) is 3.17. The highest BCUT2D eigenvalue weighted by Gasteiger charge is 2.23. The predicted molar refractivity (Wildman–Crippen MR) is 35.3 cm³/mol. The maximum Gasteiger partial charge on any atom is 0.262 e. The standard InChI is InChI=1S/C6H11F2NO2/c1-6(7,8)4-9(5-11)2-3-10/h5,10H,2-4H2,1H3. The van der Waals surface area contributed by atoms with E-state index in [-0.39, 0.29) is 13.2 Å². The van der Waals surface area contributed by atoms with Crippen molar-refractivity contribution >= 4 is 6.41 Å². The summed E-state index contributed by atoms with van der Waals surface area (Å²) < 4.78 is 24.4. The Kier molecular flexibility index (Phi) is 3.95. The first-order chi connectivity index (χ1) is 4.99. The molecule has 0 aliphatic rings. The summed E-state index contributed by atoms with van der Waals surface area (Å²) >= 11 is 0. The van der Waals surface area contributed by atoms with Gasteiger partial charge in [-0.15, -0.1) is 0 Å². The minimum Gasteiger partial charge on any atom is -0.395 e. The molecule has 1 N–H and O–H groups in total. The zero-order valence-corrected chi connectivity index (χ0v) is 6.26. The number of alkyl halides is 2. The molecule has 0 radical (unpaired) electrons. The van der Waals surface area contributed by atoms with Gasteiger partial charge in [0.15, 0.2) is 0 Å². The summed E-state index contributed by atoms with van der Waals surface area (Å²) in [6.07, 6.45) is 0.299. The molecule has 0 aromatic carbocycles. The molecule has 0 bridgehead atoms. The highest BCUT2D eigenvalue weighted by molar-refractivity contribution is 5.47. The van der Waals surface area contributed by atoms with Gasteiger partial charge in [-0.2, -0.15) is 0 Å². The summed E-state index contributed by atoms with van der Waals surface area (Å²) in [4.78, 5) is 10.9. The highest BCUT2D eigenvalue weighted by atomic mass is 19.3. The third-order valence-corrected chi connectivity index (χ3v) is 1.02.